The normalized spacial score (nSPS) is 11.0. The van der Waals surface area contributed by atoms with E-state index in [9.17, 15) is 13.2 Å². The number of carbonyl (C=O) groups is 1. The zero-order valence-electron chi connectivity index (χ0n) is 12.0. The maximum atomic E-state index is 11.7. The molecule has 8 nitrogen and oxygen atoms in total. The Balaban J connectivity index is 2.34. The van der Waals surface area contributed by atoms with Gasteiger partial charge in [0.25, 0.3) is 5.91 Å². The molecule has 0 aliphatic carbocycles. The lowest BCUT2D eigenvalue weighted by atomic mass is 10.1. The number of hydrogen-bond donors (Lipinski definition) is 3. The summed E-state index contributed by atoms with van der Waals surface area (Å²) in [5.41, 5.74) is 7.23. The molecule has 9 heteroatoms. The van der Waals surface area contributed by atoms with Gasteiger partial charge in [-0.25, -0.2) is 18.4 Å². The first-order valence-corrected chi connectivity index (χ1v) is 8.12. The highest BCUT2D eigenvalue weighted by Crippen LogP contribution is 2.21. The summed E-state index contributed by atoms with van der Waals surface area (Å²) in [6, 6.07) is 6.52. The Morgan fingerprint density at radius 3 is 2.41 bits per heavy atom. The van der Waals surface area contributed by atoms with Gasteiger partial charge in [-0.2, -0.15) is 0 Å². The standard InChI is InChI=1S/C13H15N5O3S/c1-15-13(19)11-12(14)16-7-10(17-11)8-3-5-9(6-4-8)18-22(2,20)21/h3-7,18H,1-2H3,(H2,14,16)(H,15,19). The summed E-state index contributed by atoms with van der Waals surface area (Å²) >= 11 is 0. The summed E-state index contributed by atoms with van der Waals surface area (Å²) in [4.78, 5) is 19.8. The number of nitrogens with two attached hydrogens (primary N) is 1. The van der Waals surface area contributed by atoms with Gasteiger partial charge in [-0.3, -0.25) is 9.52 Å². The fraction of sp³-hybridized carbons (Fsp3) is 0.154. The zero-order chi connectivity index (χ0) is 16.3. The number of aromatic nitrogens is 2. The van der Waals surface area contributed by atoms with Crippen LogP contribution in [-0.2, 0) is 10.0 Å². The van der Waals surface area contributed by atoms with Crippen LogP contribution in [-0.4, -0.2) is 37.6 Å². The molecule has 2 aromatic rings. The lowest BCUT2D eigenvalue weighted by Crippen LogP contribution is -2.21. The number of carbonyl (C=O) groups excluding carboxylic acids is 1. The second-order valence-corrected chi connectivity index (χ2v) is 6.27. The Hall–Kier alpha value is -2.68. The van der Waals surface area contributed by atoms with E-state index in [1.54, 1.807) is 24.3 Å². The Morgan fingerprint density at radius 1 is 1.23 bits per heavy atom. The number of hydrogen-bond acceptors (Lipinski definition) is 6. The lowest BCUT2D eigenvalue weighted by Gasteiger charge is -2.07. The maximum Gasteiger partial charge on any atom is 0.273 e. The van der Waals surface area contributed by atoms with Gasteiger partial charge in [0.15, 0.2) is 11.5 Å². The molecule has 1 aromatic carbocycles. The van der Waals surface area contributed by atoms with E-state index in [1.807, 2.05) is 0 Å². The zero-order valence-corrected chi connectivity index (χ0v) is 12.8. The van der Waals surface area contributed by atoms with Crippen LogP contribution in [0.5, 0.6) is 0 Å². The molecule has 0 atom stereocenters. The minimum absolute atomic E-state index is 0.0401. The molecule has 22 heavy (non-hydrogen) atoms. The van der Waals surface area contributed by atoms with E-state index < -0.39 is 15.9 Å². The van der Waals surface area contributed by atoms with Crippen LogP contribution in [0.4, 0.5) is 11.5 Å². The predicted octanol–water partition coefficient (Wildman–Crippen LogP) is 0.457. The molecule has 0 spiro atoms. The van der Waals surface area contributed by atoms with E-state index in [0.717, 1.165) is 6.26 Å². The average Bonchev–Trinajstić information content (AvgIpc) is 2.46. The largest absolute Gasteiger partial charge is 0.382 e. The van der Waals surface area contributed by atoms with Crippen molar-refractivity contribution in [3.8, 4) is 11.3 Å². The molecule has 1 aromatic heterocycles. The smallest absolute Gasteiger partial charge is 0.273 e. The highest BCUT2D eigenvalue weighted by molar-refractivity contribution is 7.92. The molecular formula is C13H15N5O3S. The first-order chi connectivity index (χ1) is 10.3. The van der Waals surface area contributed by atoms with E-state index >= 15 is 0 Å². The average molecular weight is 321 g/mol. The summed E-state index contributed by atoms with van der Waals surface area (Å²) in [5, 5.41) is 2.44. The first kappa shape index (κ1) is 15.7. The molecule has 2 rings (SSSR count). The van der Waals surface area contributed by atoms with Crippen LogP contribution < -0.4 is 15.8 Å². The molecule has 0 bridgehead atoms. The SMILES string of the molecule is CNC(=O)c1nc(-c2ccc(NS(C)(=O)=O)cc2)cnc1N. The Morgan fingerprint density at radius 2 is 1.86 bits per heavy atom. The van der Waals surface area contributed by atoms with Gasteiger partial charge in [0.05, 0.1) is 18.1 Å². The van der Waals surface area contributed by atoms with E-state index in [-0.39, 0.29) is 11.5 Å². The molecule has 0 aliphatic heterocycles. The summed E-state index contributed by atoms with van der Waals surface area (Å²) < 4.78 is 24.7. The van der Waals surface area contributed by atoms with Gasteiger partial charge >= 0.3 is 0 Å². The number of rotatable bonds is 4. The summed E-state index contributed by atoms with van der Waals surface area (Å²) in [6.07, 6.45) is 2.52. The molecule has 116 valence electrons. The Labute approximate surface area is 127 Å². The number of amides is 1. The minimum atomic E-state index is -3.33. The molecular weight excluding hydrogens is 306 g/mol. The molecule has 1 heterocycles. The quantitative estimate of drug-likeness (QED) is 0.750. The monoisotopic (exact) mass is 321 g/mol. The summed E-state index contributed by atoms with van der Waals surface area (Å²) in [5.74, 6) is -0.388. The molecule has 1 amide bonds. The van der Waals surface area contributed by atoms with Gasteiger partial charge in [0.2, 0.25) is 10.0 Å². The minimum Gasteiger partial charge on any atom is -0.382 e. The maximum absolute atomic E-state index is 11.7. The highest BCUT2D eigenvalue weighted by atomic mass is 32.2. The number of nitrogens with zero attached hydrogens (tertiary/aromatic N) is 2. The number of nitrogen functional groups attached to an aromatic ring is 1. The predicted molar refractivity (Wildman–Crippen MR) is 83.7 cm³/mol. The van der Waals surface area contributed by atoms with Crippen molar-refractivity contribution in [3.63, 3.8) is 0 Å². The van der Waals surface area contributed by atoms with Gasteiger partial charge in [-0.15, -0.1) is 0 Å². The van der Waals surface area contributed by atoms with Gasteiger partial charge in [-0.1, -0.05) is 12.1 Å². The van der Waals surface area contributed by atoms with Crippen LogP contribution in [0.25, 0.3) is 11.3 Å². The van der Waals surface area contributed by atoms with Crippen molar-refractivity contribution in [3.05, 3.63) is 36.2 Å². The van der Waals surface area contributed by atoms with Crippen LogP contribution >= 0.6 is 0 Å². The van der Waals surface area contributed by atoms with Crippen molar-refractivity contribution in [2.45, 2.75) is 0 Å². The molecule has 0 saturated carbocycles. The third-order valence-electron chi connectivity index (χ3n) is 2.73. The lowest BCUT2D eigenvalue weighted by molar-refractivity contribution is 0.0959. The van der Waals surface area contributed by atoms with Crippen molar-refractivity contribution >= 4 is 27.4 Å². The van der Waals surface area contributed by atoms with Crippen LogP contribution in [0.15, 0.2) is 30.5 Å². The summed E-state index contributed by atoms with van der Waals surface area (Å²) in [6.45, 7) is 0. The Kier molecular flexibility index (Phi) is 4.27. The van der Waals surface area contributed by atoms with Gasteiger partial charge in [0, 0.05) is 18.3 Å². The van der Waals surface area contributed by atoms with E-state index in [0.29, 0.717) is 16.9 Å². The second kappa shape index (κ2) is 5.98. The van der Waals surface area contributed by atoms with Crippen molar-refractivity contribution in [1.82, 2.24) is 15.3 Å². The van der Waals surface area contributed by atoms with E-state index in [4.69, 9.17) is 5.73 Å². The Bertz CT molecular complexity index is 803. The molecule has 0 fully saturated rings. The van der Waals surface area contributed by atoms with Crippen LogP contribution in [0.1, 0.15) is 10.5 Å². The van der Waals surface area contributed by atoms with Crippen molar-refractivity contribution in [2.75, 3.05) is 23.8 Å². The third kappa shape index (κ3) is 3.70. The number of nitrogens with one attached hydrogen (secondary N) is 2. The number of anilines is 2. The third-order valence-corrected chi connectivity index (χ3v) is 3.33. The van der Waals surface area contributed by atoms with Gasteiger partial charge < -0.3 is 11.1 Å². The van der Waals surface area contributed by atoms with Crippen LogP contribution in [0.3, 0.4) is 0 Å². The molecule has 0 unspecified atom stereocenters. The van der Waals surface area contributed by atoms with Gasteiger partial charge in [0.1, 0.15) is 0 Å². The molecule has 0 radical (unpaired) electrons. The van der Waals surface area contributed by atoms with Crippen molar-refractivity contribution in [1.29, 1.82) is 0 Å². The van der Waals surface area contributed by atoms with E-state index in [1.165, 1.54) is 13.2 Å². The number of benzene rings is 1. The fourth-order valence-corrected chi connectivity index (χ4v) is 2.31. The number of sulfonamides is 1. The van der Waals surface area contributed by atoms with Crippen molar-refractivity contribution < 1.29 is 13.2 Å². The molecule has 0 saturated heterocycles. The summed E-state index contributed by atoms with van der Waals surface area (Å²) in [7, 11) is -1.86. The van der Waals surface area contributed by atoms with Crippen molar-refractivity contribution in [2.24, 2.45) is 0 Å². The van der Waals surface area contributed by atoms with Crippen LogP contribution in [0, 0.1) is 0 Å². The highest BCUT2D eigenvalue weighted by Gasteiger charge is 2.13. The first-order valence-electron chi connectivity index (χ1n) is 6.23. The van der Waals surface area contributed by atoms with E-state index in [2.05, 4.69) is 20.0 Å². The molecule has 4 N–H and O–H groups in total. The van der Waals surface area contributed by atoms with Crippen LogP contribution in [0.2, 0.25) is 0 Å². The second-order valence-electron chi connectivity index (χ2n) is 4.52. The fourth-order valence-electron chi connectivity index (χ4n) is 1.75. The van der Waals surface area contributed by atoms with Gasteiger partial charge in [-0.05, 0) is 12.1 Å². The topological polar surface area (TPSA) is 127 Å². The molecule has 0 aliphatic rings.